The third-order valence-corrected chi connectivity index (χ3v) is 5.38. The maximum atomic E-state index is 12.6. The van der Waals surface area contributed by atoms with Crippen molar-refractivity contribution in [1.82, 2.24) is 15.5 Å². The lowest BCUT2D eigenvalue weighted by molar-refractivity contribution is -0.135. The second-order valence-corrected chi connectivity index (χ2v) is 6.67. The van der Waals surface area contributed by atoms with Gasteiger partial charge in [-0.05, 0) is 25.3 Å². The number of piperidine rings is 1. The van der Waals surface area contributed by atoms with Gasteiger partial charge in [0.05, 0.1) is 11.1 Å². The highest BCUT2D eigenvalue weighted by Gasteiger charge is 2.44. The van der Waals surface area contributed by atoms with Gasteiger partial charge in [-0.15, -0.1) is 0 Å². The monoisotopic (exact) mass is 325 g/mol. The van der Waals surface area contributed by atoms with Crippen LogP contribution in [0.4, 0.5) is 0 Å². The van der Waals surface area contributed by atoms with E-state index in [0.717, 1.165) is 18.5 Å². The Morgan fingerprint density at radius 2 is 1.79 bits per heavy atom. The molecular formula is C18H19N3O3. The Bertz CT molecular complexity index is 761. The number of carbonyl (C=O) groups is 3. The first kappa shape index (κ1) is 14.9. The van der Waals surface area contributed by atoms with Crippen LogP contribution in [0.5, 0.6) is 0 Å². The van der Waals surface area contributed by atoms with Crippen LogP contribution in [0.1, 0.15) is 35.2 Å². The molecule has 0 aliphatic carbocycles. The van der Waals surface area contributed by atoms with Crippen molar-refractivity contribution in [3.05, 3.63) is 41.5 Å². The molecule has 0 unspecified atom stereocenters. The quantitative estimate of drug-likeness (QED) is 0.753. The van der Waals surface area contributed by atoms with Crippen molar-refractivity contribution in [2.75, 3.05) is 19.6 Å². The minimum Gasteiger partial charge on any atom is -0.356 e. The van der Waals surface area contributed by atoms with E-state index < -0.39 is 0 Å². The maximum absolute atomic E-state index is 12.6. The number of fused-ring (bicyclic) bond motifs is 1. The SMILES string of the molecule is O=C1N/C(=C/C(=O)N2CCC3(CCNC3=O)CC2)c2ccccc21. The number of carbonyl (C=O) groups excluding carboxylic acids is 3. The average Bonchev–Trinajstić information content (AvgIpc) is 3.10. The van der Waals surface area contributed by atoms with Gasteiger partial charge in [0.1, 0.15) is 0 Å². The molecule has 0 atom stereocenters. The van der Waals surface area contributed by atoms with Gasteiger partial charge in [0, 0.05) is 36.8 Å². The summed E-state index contributed by atoms with van der Waals surface area (Å²) in [5.74, 6) is -0.162. The van der Waals surface area contributed by atoms with Crippen molar-refractivity contribution in [3.8, 4) is 0 Å². The predicted molar refractivity (Wildman–Crippen MR) is 87.8 cm³/mol. The Labute approximate surface area is 139 Å². The molecule has 4 rings (SSSR count). The summed E-state index contributed by atoms with van der Waals surface area (Å²) in [5, 5.41) is 5.65. The largest absolute Gasteiger partial charge is 0.356 e. The number of nitrogens with zero attached hydrogens (tertiary/aromatic N) is 1. The Morgan fingerprint density at radius 1 is 1.08 bits per heavy atom. The van der Waals surface area contributed by atoms with Gasteiger partial charge >= 0.3 is 0 Å². The van der Waals surface area contributed by atoms with Crippen molar-refractivity contribution >= 4 is 23.4 Å². The van der Waals surface area contributed by atoms with Crippen LogP contribution in [-0.4, -0.2) is 42.3 Å². The number of hydrogen-bond acceptors (Lipinski definition) is 3. The number of rotatable bonds is 1. The topological polar surface area (TPSA) is 78.5 Å². The molecule has 3 aliphatic rings. The van der Waals surface area contributed by atoms with E-state index in [2.05, 4.69) is 10.6 Å². The molecule has 6 heteroatoms. The molecule has 2 saturated heterocycles. The normalized spacial score (nSPS) is 23.3. The van der Waals surface area contributed by atoms with Crippen LogP contribution in [0.25, 0.3) is 5.70 Å². The molecule has 3 aliphatic heterocycles. The van der Waals surface area contributed by atoms with E-state index >= 15 is 0 Å². The molecule has 3 heterocycles. The van der Waals surface area contributed by atoms with Crippen LogP contribution < -0.4 is 10.6 Å². The van der Waals surface area contributed by atoms with Crippen LogP contribution in [0.3, 0.4) is 0 Å². The summed E-state index contributed by atoms with van der Waals surface area (Å²) < 4.78 is 0. The third kappa shape index (κ3) is 2.29. The van der Waals surface area contributed by atoms with Crippen molar-refractivity contribution in [2.24, 2.45) is 5.41 Å². The second-order valence-electron chi connectivity index (χ2n) is 6.67. The molecule has 6 nitrogen and oxygen atoms in total. The second kappa shape index (κ2) is 5.47. The van der Waals surface area contributed by atoms with E-state index in [4.69, 9.17) is 0 Å². The molecule has 0 saturated carbocycles. The lowest BCUT2D eigenvalue weighted by Crippen LogP contribution is -2.45. The van der Waals surface area contributed by atoms with Crippen LogP contribution in [0.15, 0.2) is 30.3 Å². The van der Waals surface area contributed by atoms with Crippen molar-refractivity contribution < 1.29 is 14.4 Å². The molecule has 24 heavy (non-hydrogen) atoms. The number of nitrogens with one attached hydrogen (secondary N) is 2. The zero-order valence-corrected chi connectivity index (χ0v) is 13.3. The standard InChI is InChI=1S/C18H19N3O3/c22-15(11-14-12-3-1-2-4-13(12)16(23)20-14)21-9-6-18(7-10-21)5-8-19-17(18)24/h1-4,11H,5-10H2,(H,19,24)(H,20,23)/b14-11+. The lowest BCUT2D eigenvalue weighted by Gasteiger charge is -2.36. The third-order valence-electron chi connectivity index (χ3n) is 5.38. The lowest BCUT2D eigenvalue weighted by atomic mass is 9.77. The van der Waals surface area contributed by atoms with Gasteiger partial charge in [-0.3, -0.25) is 14.4 Å². The van der Waals surface area contributed by atoms with E-state index in [1.165, 1.54) is 6.08 Å². The van der Waals surface area contributed by atoms with Crippen molar-refractivity contribution in [2.45, 2.75) is 19.3 Å². The summed E-state index contributed by atoms with van der Waals surface area (Å²) in [6, 6.07) is 7.24. The molecule has 1 spiro atoms. The molecular weight excluding hydrogens is 306 g/mol. The van der Waals surface area contributed by atoms with Gasteiger partial charge in [0.25, 0.3) is 5.91 Å². The molecule has 124 valence electrons. The summed E-state index contributed by atoms with van der Waals surface area (Å²) in [6.07, 6.45) is 3.77. The minimum atomic E-state index is -0.280. The molecule has 1 aromatic carbocycles. The Kier molecular flexibility index (Phi) is 3.40. The van der Waals surface area contributed by atoms with Gasteiger partial charge in [-0.25, -0.2) is 0 Å². The van der Waals surface area contributed by atoms with Crippen molar-refractivity contribution in [3.63, 3.8) is 0 Å². The van der Waals surface area contributed by atoms with Crippen LogP contribution in [0, 0.1) is 5.41 Å². The van der Waals surface area contributed by atoms with Gasteiger partial charge < -0.3 is 15.5 Å². The fraction of sp³-hybridized carbons (Fsp3) is 0.389. The predicted octanol–water partition coefficient (Wildman–Crippen LogP) is 0.900. The highest BCUT2D eigenvalue weighted by atomic mass is 16.2. The first-order valence-electron chi connectivity index (χ1n) is 8.29. The first-order valence-corrected chi connectivity index (χ1v) is 8.29. The smallest absolute Gasteiger partial charge is 0.256 e. The Balaban J connectivity index is 1.48. The van der Waals surface area contributed by atoms with Gasteiger partial charge in [0.2, 0.25) is 11.8 Å². The Hall–Kier alpha value is -2.63. The van der Waals surface area contributed by atoms with E-state index in [1.807, 2.05) is 12.1 Å². The maximum Gasteiger partial charge on any atom is 0.256 e. The zero-order valence-electron chi connectivity index (χ0n) is 13.3. The van der Waals surface area contributed by atoms with Crippen molar-refractivity contribution in [1.29, 1.82) is 0 Å². The summed E-state index contributed by atoms with van der Waals surface area (Å²) in [7, 11) is 0. The first-order chi connectivity index (χ1) is 11.6. The van der Waals surface area contributed by atoms with E-state index in [1.54, 1.807) is 17.0 Å². The average molecular weight is 325 g/mol. The number of benzene rings is 1. The molecule has 2 fully saturated rings. The highest BCUT2D eigenvalue weighted by Crippen LogP contribution is 2.38. The fourth-order valence-electron chi connectivity index (χ4n) is 3.85. The number of likely N-dealkylation sites (tertiary alicyclic amines) is 1. The van der Waals surface area contributed by atoms with E-state index in [9.17, 15) is 14.4 Å². The molecule has 0 bridgehead atoms. The molecule has 1 aromatic rings. The van der Waals surface area contributed by atoms with Gasteiger partial charge in [-0.2, -0.15) is 0 Å². The summed E-state index contributed by atoms with van der Waals surface area (Å²) >= 11 is 0. The van der Waals surface area contributed by atoms with Gasteiger partial charge in [-0.1, -0.05) is 18.2 Å². The molecule has 0 radical (unpaired) electrons. The molecule has 0 aromatic heterocycles. The summed E-state index contributed by atoms with van der Waals surface area (Å²) in [4.78, 5) is 38.2. The fourth-order valence-corrected chi connectivity index (χ4v) is 3.85. The number of amides is 3. The minimum absolute atomic E-state index is 0.116. The number of hydrogen-bond donors (Lipinski definition) is 2. The molecule has 3 amide bonds. The zero-order chi connectivity index (χ0) is 16.7. The highest BCUT2D eigenvalue weighted by molar-refractivity contribution is 6.12. The molecule has 2 N–H and O–H groups in total. The van der Waals surface area contributed by atoms with Gasteiger partial charge in [0.15, 0.2) is 0 Å². The Morgan fingerprint density at radius 3 is 2.46 bits per heavy atom. The van der Waals surface area contributed by atoms with Crippen LogP contribution in [-0.2, 0) is 9.59 Å². The van der Waals surface area contributed by atoms with Crippen LogP contribution in [0.2, 0.25) is 0 Å². The van der Waals surface area contributed by atoms with E-state index in [-0.39, 0.29) is 23.1 Å². The van der Waals surface area contributed by atoms with E-state index in [0.29, 0.717) is 37.2 Å². The van der Waals surface area contributed by atoms with Crippen LogP contribution >= 0.6 is 0 Å². The summed E-state index contributed by atoms with van der Waals surface area (Å²) in [5.41, 5.74) is 1.63. The summed E-state index contributed by atoms with van der Waals surface area (Å²) in [6.45, 7) is 1.89.